The highest BCUT2D eigenvalue weighted by Crippen LogP contribution is 2.17. The molecule has 0 saturated heterocycles. The lowest BCUT2D eigenvalue weighted by Gasteiger charge is -2.16. The van der Waals surface area contributed by atoms with E-state index in [4.69, 9.17) is 11.6 Å². The van der Waals surface area contributed by atoms with Crippen LogP contribution in [0.25, 0.3) is 0 Å². The lowest BCUT2D eigenvalue weighted by atomic mass is 10.0. The van der Waals surface area contributed by atoms with Crippen molar-refractivity contribution in [3.8, 4) is 0 Å². The van der Waals surface area contributed by atoms with Gasteiger partial charge in [0.05, 0.1) is 0 Å². The van der Waals surface area contributed by atoms with E-state index in [2.05, 4.69) is 0 Å². The van der Waals surface area contributed by atoms with Gasteiger partial charge in [-0.1, -0.05) is 0 Å². The molecule has 1 unspecified atom stereocenters. The maximum atomic E-state index is 10.2. The van der Waals surface area contributed by atoms with Crippen molar-refractivity contribution in [1.82, 2.24) is 0 Å². The SMILES string of the molecule is CC(Cl)C(C)(C)[N+](=O)[O-]. The van der Waals surface area contributed by atoms with Crippen LogP contribution in [0.15, 0.2) is 0 Å². The smallest absolute Gasteiger partial charge is 0.232 e. The first-order valence-corrected chi connectivity index (χ1v) is 3.11. The van der Waals surface area contributed by atoms with Crippen molar-refractivity contribution in [2.45, 2.75) is 31.7 Å². The molecule has 0 aromatic carbocycles. The Balaban J connectivity index is 4.19. The summed E-state index contributed by atoms with van der Waals surface area (Å²) in [5, 5.41) is 9.75. The molecule has 0 amide bonds. The van der Waals surface area contributed by atoms with Crippen LogP contribution in [0.5, 0.6) is 0 Å². The third-order valence-electron chi connectivity index (χ3n) is 1.44. The largest absolute Gasteiger partial charge is 0.264 e. The van der Waals surface area contributed by atoms with E-state index < -0.39 is 10.9 Å². The summed E-state index contributed by atoms with van der Waals surface area (Å²) in [6.07, 6.45) is 0. The molecule has 0 aromatic heterocycles. The van der Waals surface area contributed by atoms with Gasteiger partial charge in [-0.15, -0.1) is 11.6 Å². The van der Waals surface area contributed by atoms with Crippen molar-refractivity contribution in [1.29, 1.82) is 0 Å². The number of nitro groups is 1. The van der Waals surface area contributed by atoms with E-state index in [0.29, 0.717) is 0 Å². The Morgan fingerprint density at radius 2 is 2.00 bits per heavy atom. The van der Waals surface area contributed by atoms with E-state index in [9.17, 15) is 10.1 Å². The van der Waals surface area contributed by atoms with E-state index in [1.165, 1.54) is 13.8 Å². The fourth-order valence-corrected chi connectivity index (χ4v) is 0.225. The van der Waals surface area contributed by atoms with Gasteiger partial charge in [-0.2, -0.15) is 0 Å². The molecule has 0 aliphatic heterocycles. The summed E-state index contributed by atoms with van der Waals surface area (Å²) in [5.74, 6) is 0. The second-order valence-corrected chi connectivity index (χ2v) is 3.18. The number of rotatable bonds is 2. The number of hydrogen-bond donors (Lipinski definition) is 0. The van der Waals surface area contributed by atoms with Gasteiger partial charge in [-0.3, -0.25) is 10.1 Å². The molecule has 0 saturated carbocycles. The summed E-state index contributed by atoms with van der Waals surface area (Å²) in [4.78, 5) is 9.81. The highest BCUT2D eigenvalue weighted by Gasteiger charge is 2.36. The molecule has 0 spiro atoms. The fourth-order valence-electron chi connectivity index (χ4n) is 0.145. The molecule has 0 aromatic rings. The van der Waals surface area contributed by atoms with Crippen LogP contribution in [0.3, 0.4) is 0 Å². The van der Waals surface area contributed by atoms with Gasteiger partial charge in [-0.25, -0.2) is 0 Å². The minimum absolute atomic E-state index is 0.370. The average molecular weight is 152 g/mol. The van der Waals surface area contributed by atoms with E-state index >= 15 is 0 Å². The van der Waals surface area contributed by atoms with Gasteiger partial charge in [0.1, 0.15) is 5.38 Å². The quantitative estimate of drug-likeness (QED) is 0.342. The third-order valence-corrected chi connectivity index (χ3v) is 1.98. The Morgan fingerprint density at radius 3 is 2.00 bits per heavy atom. The van der Waals surface area contributed by atoms with Gasteiger partial charge in [0.15, 0.2) is 0 Å². The lowest BCUT2D eigenvalue weighted by molar-refractivity contribution is -0.559. The van der Waals surface area contributed by atoms with Gasteiger partial charge in [0, 0.05) is 18.8 Å². The van der Waals surface area contributed by atoms with E-state index in [0.717, 1.165) is 0 Å². The fraction of sp³-hybridized carbons (Fsp3) is 1.00. The Labute approximate surface area is 59.2 Å². The molecule has 9 heavy (non-hydrogen) atoms. The standard InChI is InChI=1S/C5H10ClNO2/c1-4(6)5(2,3)7(8)9/h4H,1-3H3. The summed E-state index contributed by atoms with van der Waals surface area (Å²) < 4.78 is 0. The van der Waals surface area contributed by atoms with Crippen molar-refractivity contribution in [2.24, 2.45) is 0 Å². The van der Waals surface area contributed by atoms with Crippen LogP contribution in [0.2, 0.25) is 0 Å². The summed E-state index contributed by atoms with van der Waals surface area (Å²) in [6.45, 7) is 4.62. The summed E-state index contributed by atoms with van der Waals surface area (Å²) in [5.41, 5.74) is -1.01. The molecule has 0 aliphatic rings. The van der Waals surface area contributed by atoms with E-state index in [1.807, 2.05) is 0 Å². The number of alkyl halides is 1. The molecular formula is C5H10ClNO2. The minimum atomic E-state index is -1.01. The van der Waals surface area contributed by atoms with Crippen molar-refractivity contribution in [3.05, 3.63) is 10.1 Å². The zero-order valence-corrected chi connectivity index (χ0v) is 6.47. The first-order valence-electron chi connectivity index (χ1n) is 2.67. The second kappa shape index (κ2) is 2.52. The van der Waals surface area contributed by atoms with Gasteiger partial charge in [0.25, 0.3) is 0 Å². The van der Waals surface area contributed by atoms with E-state index in [-0.39, 0.29) is 4.92 Å². The molecular weight excluding hydrogens is 142 g/mol. The highest BCUT2D eigenvalue weighted by molar-refractivity contribution is 6.21. The van der Waals surface area contributed by atoms with Crippen LogP contribution in [-0.2, 0) is 0 Å². The van der Waals surface area contributed by atoms with Crippen LogP contribution >= 0.6 is 11.6 Å². The lowest BCUT2D eigenvalue weighted by Crippen LogP contribution is -2.38. The van der Waals surface area contributed by atoms with E-state index in [1.54, 1.807) is 6.92 Å². The molecule has 0 radical (unpaired) electrons. The van der Waals surface area contributed by atoms with Gasteiger partial charge < -0.3 is 0 Å². The van der Waals surface area contributed by atoms with Crippen LogP contribution in [-0.4, -0.2) is 15.8 Å². The first-order chi connectivity index (χ1) is 3.89. The predicted octanol–water partition coefficient (Wildman–Crippen LogP) is 1.67. The summed E-state index contributed by atoms with van der Waals surface area (Å²) in [7, 11) is 0. The predicted molar refractivity (Wildman–Crippen MR) is 36.4 cm³/mol. The minimum Gasteiger partial charge on any atom is -0.264 e. The topological polar surface area (TPSA) is 43.1 Å². The maximum absolute atomic E-state index is 10.2. The Hall–Kier alpha value is -0.310. The zero-order chi connectivity index (χ0) is 7.65. The Kier molecular flexibility index (Phi) is 2.43. The Morgan fingerprint density at radius 1 is 1.67 bits per heavy atom. The monoisotopic (exact) mass is 151 g/mol. The average Bonchev–Trinajstić information content (AvgIpc) is 1.65. The summed E-state index contributed by atoms with van der Waals surface area (Å²) in [6, 6.07) is 0. The number of nitrogens with zero attached hydrogens (tertiary/aromatic N) is 1. The second-order valence-electron chi connectivity index (χ2n) is 2.53. The van der Waals surface area contributed by atoms with Crippen LogP contribution in [0, 0.1) is 10.1 Å². The molecule has 0 heterocycles. The maximum Gasteiger partial charge on any atom is 0.232 e. The molecule has 0 bridgehead atoms. The van der Waals surface area contributed by atoms with Crippen LogP contribution in [0.1, 0.15) is 20.8 Å². The van der Waals surface area contributed by atoms with Crippen LogP contribution < -0.4 is 0 Å². The van der Waals surface area contributed by atoms with Crippen molar-refractivity contribution in [3.63, 3.8) is 0 Å². The van der Waals surface area contributed by atoms with Crippen LogP contribution in [0.4, 0.5) is 0 Å². The van der Waals surface area contributed by atoms with Gasteiger partial charge >= 0.3 is 0 Å². The first kappa shape index (κ1) is 8.69. The Bertz CT molecular complexity index is 122. The van der Waals surface area contributed by atoms with Gasteiger partial charge in [0.2, 0.25) is 5.54 Å². The normalized spacial score (nSPS) is 15.1. The third kappa shape index (κ3) is 1.82. The van der Waals surface area contributed by atoms with Crippen molar-refractivity contribution >= 4 is 11.6 Å². The van der Waals surface area contributed by atoms with Gasteiger partial charge in [-0.05, 0) is 6.92 Å². The molecule has 0 aliphatic carbocycles. The zero-order valence-electron chi connectivity index (χ0n) is 5.72. The van der Waals surface area contributed by atoms with Crippen molar-refractivity contribution in [2.75, 3.05) is 0 Å². The molecule has 0 rings (SSSR count). The molecule has 3 nitrogen and oxygen atoms in total. The molecule has 1 atom stereocenters. The molecule has 0 N–H and O–H groups in total. The molecule has 54 valence electrons. The number of halogens is 1. The molecule has 0 fully saturated rings. The van der Waals surface area contributed by atoms with Crippen molar-refractivity contribution < 1.29 is 4.92 Å². The summed E-state index contributed by atoms with van der Waals surface area (Å²) >= 11 is 5.52. The number of hydrogen-bond acceptors (Lipinski definition) is 2. The molecule has 4 heteroatoms. The highest BCUT2D eigenvalue weighted by atomic mass is 35.5.